The molecule has 3 aromatic rings. The molecule has 2 aromatic carbocycles. The average molecular weight is 574 g/mol. The highest BCUT2D eigenvalue weighted by Crippen LogP contribution is 2.37. The van der Waals surface area contributed by atoms with Crippen LogP contribution >= 0.6 is 24.0 Å². The number of amides is 1. The van der Waals surface area contributed by atoms with Gasteiger partial charge in [-0.05, 0) is 36.8 Å². The van der Waals surface area contributed by atoms with Crippen molar-refractivity contribution in [1.82, 2.24) is 14.7 Å². The molecule has 8 nitrogen and oxygen atoms in total. The van der Waals surface area contributed by atoms with Crippen LogP contribution in [-0.4, -0.2) is 65.0 Å². The molecule has 0 bridgehead atoms. The quantitative estimate of drug-likeness (QED) is 0.325. The molecule has 0 spiro atoms. The number of carbonyl (C=O) groups is 1. The molecule has 3 heterocycles. The third kappa shape index (κ3) is 5.15. The number of benzene rings is 2. The third-order valence-corrected chi connectivity index (χ3v) is 11.1. The van der Waals surface area contributed by atoms with E-state index < -0.39 is 25.7 Å². The van der Waals surface area contributed by atoms with Gasteiger partial charge in [0.15, 0.2) is 19.7 Å². The number of nitrogens with zero attached hydrogens (tertiary/aromatic N) is 3. The highest BCUT2D eigenvalue weighted by molar-refractivity contribution is 8.26. The van der Waals surface area contributed by atoms with E-state index in [1.807, 2.05) is 30.3 Å². The molecule has 0 aliphatic carbocycles. The van der Waals surface area contributed by atoms with Gasteiger partial charge in [0, 0.05) is 17.3 Å². The molecule has 192 valence electrons. The second-order valence-corrected chi connectivity index (χ2v) is 14.9. The highest BCUT2D eigenvalue weighted by atomic mass is 32.2. The van der Waals surface area contributed by atoms with Gasteiger partial charge >= 0.3 is 0 Å². The van der Waals surface area contributed by atoms with E-state index in [0.29, 0.717) is 32.5 Å². The Balaban J connectivity index is 1.55. The Morgan fingerprint density at radius 3 is 2.46 bits per heavy atom. The largest absolute Gasteiger partial charge is 0.289 e. The first kappa shape index (κ1) is 25.8. The molecule has 0 saturated carbocycles. The standard InChI is InChI=1S/C25H23N3O5S4/c1-2-37(32,33)21-10-8-17(9-11-21)23-18(15-27(26-23)19-6-4-3-5-7-19)14-22-24(29)28(25(34)35-22)20-12-13-36(30,31)16-20/h3-11,14-15,20H,2,12-13,16H2,1H3/b22-14+/t20-/m1/s1. The van der Waals surface area contributed by atoms with Gasteiger partial charge in [-0.25, -0.2) is 21.5 Å². The molecule has 0 N–H and O–H groups in total. The van der Waals surface area contributed by atoms with Crippen LogP contribution in [0.25, 0.3) is 23.0 Å². The average Bonchev–Trinajstić information content (AvgIpc) is 3.54. The van der Waals surface area contributed by atoms with E-state index in [4.69, 9.17) is 17.3 Å². The Hall–Kier alpha value is -2.80. The van der Waals surface area contributed by atoms with E-state index in [-0.39, 0.29) is 28.1 Å². The maximum absolute atomic E-state index is 13.3. The first-order valence-corrected chi connectivity index (χ1v) is 16.2. The summed E-state index contributed by atoms with van der Waals surface area (Å²) in [6.07, 6.45) is 3.88. The summed E-state index contributed by atoms with van der Waals surface area (Å²) < 4.78 is 50.5. The van der Waals surface area contributed by atoms with E-state index in [9.17, 15) is 21.6 Å². The minimum Gasteiger partial charge on any atom is -0.289 e. The SMILES string of the molecule is CCS(=O)(=O)c1ccc(-c2nn(-c3ccccc3)cc2/C=C2/SC(=S)N([C@@H]3CCS(=O)(=O)C3)C2=O)cc1. The molecule has 0 unspecified atom stereocenters. The first-order valence-electron chi connectivity index (χ1n) is 11.5. The van der Waals surface area contributed by atoms with Gasteiger partial charge in [-0.2, -0.15) is 5.10 Å². The lowest BCUT2D eigenvalue weighted by Crippen LogP contribution is -2.39. The van der Waals surface area contributed by atoms with Crippen LogP contribution in [0.1, 0.15) is 18.9 Å². The maximum atomic E-state index is 13.3. The summed E-state index contributed by atoms with van der Waals surface area (Å²) in [4.78, 5) is 15.3. The van der Waals surface area contributed by atoms with Crippen molar-refractivity contribution in [3.63, 3.8) is 0 Å². The van der Waals surface area contributed by atoms with Gasteiger partial charge in [-0.15, -0.1) is 0 Å². The lowest BCUT2D eigenvalue weighted by Gasteiger charge is -2.20. The zero-order chi connectivity index (χ0) is 26.4. The zero-order valence-electron chi connectivity index (χ0n) is 19.8. The molecular formula is C25H23N3O5S4. The Morgan fingerprint density at radius 1 is 1.14 bits per heavy atom. The van der Waals surface area contributed by atoms with Gasteiger partial charge in [0.05, 0.1) is 44.5 Å². The molecule has 12 heteroatoms. The van der Waals surface area contributed by atoms with Crippen molar-refractivity contribution >= 4 is 60.0 Å². The third-order valence-electron chi connectivity index (χ3n) is 6.31. The molecule has 1 amide bonds. The predicted molar refractivity (Wildman–Crippen MR) is 149 cm³/mol. The number of hydrogen-bond acceptors (Lipinski definition) is 8. The van der Waals surface area contributed by atoms with E-state index >= 15 is 0 Å². The number of aromatic nitrogens is 2. The summed E-state index contributed by atoms with van der Waals surface area (Å²) >= 11 is 6.58. The number of carbonyl (C=O) groups excluding carboxylic acids is 1. The molecule has 2 aliphatic heterocycles. The van der Waals surface area contributed by atoms with Crippen molar-refractivity contribution in [2.45, 2.75) is 24.3 Å². The van der Waals surface area contributed by atoms with Crippen LogP contribution in [-0.2, 0) is 24.5 Å². The summed E-state index contributed by atoms with van der Waals surface area (Å²) in [6.45, 7) is 1.60. The fourth-order valence-electron chi connectivity index (χ4n) is 4.33. The van der Waals surface area contributed by atoms with Crippen LogP contribution in [0.4, 0.5) is 0 Å². The van der Waals surface area contributed by atoms with E-state index in [1.165, 1.54) is 4.90 Å². The molecule has 2 saturated heterocycles. The molecule has 2 fully saturated rings. The predicted octanol–water partition coefficient (Wildman–Crippen LogP) is 3.72. The first-order chi connectivity index (χ1) is 17.6. The molecule has 0 radical (unpaired) electrons. The molecule has 2 aliphatic rings. The number of thiocarbonyl (C=S) groups is 1. The number of sulfone groups is 2. The lowest BCUT2D eigenvalue weighted by atomic mass is 10.1. The fourth-order valence-corrected chi connectivity index (χ4v) is 8.31. The summed E-state index contributed by atoms with van der Waals surface area (Å²) in [7, 11) is -6.53. The van der Waals surface area contributed by atoms with E-state index in [1.54, 1.807) is 48.1 Å². The van der Waals surface area contributed by atoms with Crippen molar-refractivity contribution in [3.05, 3.63) is 71.3 Å². The number of para-hydroxylation sites is 1. The monoisotopic (exact) mass is 573 g/mol. The zero-order valence-corrected chi connectivity index (χ0v) is 23.0. The number of hydrogen-bond donors (Lipinski definition) is 0. The Bertz CT molecular complexity index is 1630. The van der Waals surface area contributed by atoms with Crippen LogP contribution in [0.5, 0.6) is 0 Å². The Labute approximate surface area is 225 Å². The Morgan fingerprint density at radius 2 is 1.84 bits per heavy atom. The fraction of sp³-hybridized carbons (Fsp3) is 0.240. The topological polar surface area (TPSA) is 106 Å². The van der Waals surface area contributed by atoms with Gasteiger partial charge in [-0.3, -0.25) is 9.69 Å². The summed E-state index contributed by atoms with van der Waals surface area (Å²) in [5, 5.41) is 4.74. The summed E-state index contributed by atoms with van der Waals surface area (Å²) in [5.41, 5.74) is 2.72. The van der Waals surface area contributed by atoms with Gasteiger partial charge in [0.25, 0.3) is 5.91 Å². The molecule has 1 atom stereocenters. The smallest absolute Gasteiger partial charge is 0.266 e. The molecule has 37 heavy (non-hydrogen) atoms. The molecular weight excluding hydrogens is 551 g/mol. The maximum Gasteiger partial charge on any atom is 0.266 e. The Kier molecular flexibility index (Phi) is 6.86. The normalized spacial score (nSPS) is 20.7. The minimum absolute atomic E-state index is 0.00433. The summed E-state index contributed by atoms with van der Waals surface area (Å²) in [5.74, 6) is -0.354. The van der Waals surface area contributed by atoms with Crippen molar-refractivity contribution < 1.29 is 21.6 Å². The van der Waals surface area contributed by atoms with Gasteiger partial charge in [0.1, 0.15) is 4.32 Å². The van der Waals surface area contributed by atoms with Crippen LogP contribution in [0.2, 0.25) is 0 Å². The van der Waals surface area contributed by atoms with Crippen LogP contribution in [0.15, 0.2) is 70.6 Å². The minimum atomic E-state index is -3.35. The van der Waals surface area contributed by atoms with Gasteiger partial charge in [-0.1, -0.05) is 61.2 Å². The van der Waals surface area contributed by atoms with Crippen molar-refractivity contribution in [2.24, 2.45) is 0 Å². The van der Waals surface area contributed by atoms with Crippen LogP contribution < -0.4 is 0 Å². The highest BCUT2D eigenvalue weighted by Gasteiger charge is 2.42. The van der Waals surface area contributed by atoms with Crippen molar-refractivity contribution in [3.8, 4) is 16.9 Å². The van der Waals surface area contributed by atoms with Gasteiger partial charge < -0.3 is 0 Å². The van der Waals surface area contributed by atoms with Crippen molar-refractivity contribution in [2.75, 3.05) is 17.3 Å². The van der Waals surface area contributed by atoms with E-state index in [2.05, 4.69) is 0 Å². The number of rotatable bonds is 6. The lowest BCUT2D eigenvalue weighted by molar-refractivity contribution is -0.123. The van der Waals surface area contributed by atoms with Crippen LogP contribution in [0, 0.1) is 0 Å². The molecule has 1 aromatic heterocycles. The second kappa shape index (κ2) is 9.82. The number of thioether (sulfide) groups is 1. The van der Waals surface area contributed by atoms with E-state index in [0.717, 1.165) is 17.4 Å². The molecule has 5 rings (SSSR count). The second-order valence-electron chi connectivity index (χ2n) is 8.75. The van der Waals surface area contributed by atoms with Crippen molar-refractivity contribution in [1.29, 1.82) is 0 Å². The van der Waals surface area contributed by atoms with Gasteiger partial charge in [0.2, 0.25) is 0 Å². The summed E-state index contributed by atoms with van der Waals surface area (Å²) in [6, 6.07) is 15.5. The van der Waals surface area contributed by atoms with Crippen LogP contribution in [0.3, 0.4) is 0 Å².